The summed E-state index contributed by atoms with van der Waals surface area (Å²) in [5.74, 6) is 0.359. The molecule has 0 spiro atoms. The number of hydrogen-bond donors (Lipinski definition) is 0. The third-order valence-corrected chi connectivity index (χ3v) is 3.89. The number of carbonyl (C=O) groups excluding carboxylic acids is 2. The molecule has 20 heavy (non-hydrogen) atoms. The first-order valence-electron chi connectivity index (χ1n) is 6.75. The summed E-state index contributed by atoms with van der Waals surface area (Å²) in [6.07, 6.45) is 1.52. The van der Waals surface area contributed by atoms with Crippen LogP contribution in [0.4, 0.5) is 0 Å². The zero-order valence-electron chi connectivity index (χ0n) is 11.7. The number of benzene rings is 1. The van der Waals surface area contributed by atoms with Gasteiger partial charge in [0.2, 0.25) is 0 Å². The molecule has 4 nitrogen and oxygen atoms in total. The van der Waals surface area contributed by atoms with E-state index in [9.17, 15) is 9.59 Å². The summed E-state index contributed by atoms with van der Waals surface area (Å²) in [5.41, 5.74) is 0.495. The van der Waals surface area contributed by atoms with Gasteiger partial charge in [-0.2, -0.15) is 0 Å². The summed E-state index contributed by atoms with van der Waals surface area (Å²) in [4.78, 5) is 25.6. The van der Waals surface area contributed by atoms with Gasteiger partial charge in [0.15, 0.2) is 11.9 Å². The van der Waals surface area contributed by atoms with E-state index in [1.165, 1.54) is 6.92 Å². The Labute approximate surface area is 127 Å². The molecule has 5 heteroatoms. The van der Waals surface area contributed by atoms with Crippen molar-refractivity contribution in [2.45, 2.75) is 32.8 Å². The lowest BCUT2D eigenvalue weighted by Gasteiger charge is -2.22. The summed E-state index contributed by atoms with van der Waals surface area (Å²) in [6, 6.07) is 5.22. The maximum Gasteiger partial charge on any atom is 0.263 e. The molecule has 1 aliphatic heterocycles. The standard InChI is InChI=1S/C15H18BrNO3/c1-10(18)13-6-5-12(16)9-14(13)20-11(2)15(19)17-7-3-4-8-17/h5-6,9,11H,3-4,7-8H2,1-2H3. The van der Waals surface area contributed by atoms with Crippen LogP contribution >= 0.6 is 15.9 Å². The largest absolute Gasteiger partial charge is 0.480 e. The first-order chi connectivity index (χ1) is 9.49. The van der Waals surface area contributed by atoms with Crippen LogP contribution in [-0.4, -0.2) is 35.8 Å². The molecule has 2 rings (SSSR count). The number of amides is 1. The van der Waals surface area contributed by atoms with Gasteiger partial charge in [-0.15, -0.1) is 0 Å². The molecule has 0 bridgehead atoms. The Bertz CT molecular complexity index is 524. The van der Waals surface area contributed by atoms with E-state index in [4.69, 9.17) is 4.74 Å². The second-order valence-corrected chi connectivity index (χ2v) is 5.90. The van der Waals surface area contributed by atoms with E-state index in [1.807, 2.05) is 4.90 Å². The molecular formula is C15H18BrNO3. The lowest BCUT2D eigenvalue weighted by Crippen LogP contribution is -2.38. The van der Waals surface area contributed by atoms with Gasteiger partial charge in [-0.1, -0.05) is 15.9 Å². The molecule has 1 amide bonds. The van der Waals surface area contributed by atoms with Crippen molar-refractivity contribution < 1.29 is 14.3 Å². The van der Waals surface area contributed by atoms with Crippen LogP contribution in [0.2, 0.25) is 0 Å². The molecule has 1 heterocycles. The van der Waals surface area contributed by atoms with E-state index in [1.54, 1.807) is 25.1 Å². The van der Waals surface area contributed by atoms with Crippen LogP contribution in [0.25, 0.3) is 0 Å². The smallest absolute Gasteiger partial charge is 0.263 e. The molecule has 1 saturated heterocycles. The van der Waals surface area contributed by atoms with Crippen LogP contribution in [-0.2, 0) is 4.79 Å². The number of Topliss-reactive ketones (excluding diaryl/α,β-unsaturated/α-hetero) is 1. The number of rotatable bonds is 4. The van der Waals surface area contributed by atoms with E-state index in [2.05, 4.69) is 15.9 Å². The fourth-order valence-electron chi connectivity index (χ4n) is 2.32. The van der Waals surface area contributed by atoms with Crippen LogP contribution in [0.1, 0.15) is 37.0 Å². The van der Waals surface area contributed by atoms with Gasteiger partial charge < -0.3 is 9.64 Å². The van der Waals surface area contributed by atoms with Crippen molar-refractivity contribution in [2.24, 2.45) is 0 Å². The first kappa shape index (κ1) is 15.0. The minimum absolute atomic E-state index is 0.0167. The highest BCUT2D eigenvalue weighted by molar-refractivity contribution is 9.10. The maximum atomic E-state index is 12.2. The minimum Gasteiger partial charge on any atom is -0.480 e. The summed E-state index contributed by atoms with van der Waals surface area (Å²) in [6.45, 7) is 4.81. The highest BCUT2D eigenvalue weighted by Crippen LogP contribution is 2.25. The molecule has 0 radical (unpaired) electrons. The summed E-state index contributed by atoms with van der Waals surface area (Å²) in [5, 5.41) is 0. The molecule has 1 unspecified atom stereocenters. The Morgan fingerprint density at radius 1 is 1.30 bits per heavy atom. The number of likely N-dealkylation sites (tertiary alicyclic amines) is 1. The summed E-state index contributed by atoms with van der Waals surface area (Å²) in [7, 11) is 0. The molecule has 0 saturated carbocycles. The first-order valence-corrected chi connectivity index (χ1v) is 7.54. The highest BCUT2D eigenvalue weighted by atomic mass is 79.9. The molecule has 0 aromatic heterocycles. The molecule has 108 valence electrons. The van der Waals surface area contributed by atoms with Gasteiger partial charge in [-0.3, -0.25) is 9.59 Å². The number of carbonyl (C=O) groups is 2. The van der Waals surface area contributed by atoms with Crippen molar-refractivity contribution in [1.82, 2.24) is 4.90 Å². The summed E-state index contributed by atoms with van der Waals surface area (Å²) < 4.78 is 6.54. The van der Waals surface area contributed by atoms with Crippen molar-refractivity contribution in [3.8, 4) is 5.75 Å². The fourth-order valence-corrected chi connectivity index (χ4v) is 2.66. The third kappa shape index (κ3) is 3.39. The average Bonchev–Trinajstić information content (AvgIpc) is 2.91. The second kappa shape index (κ2) is 6.39. The Morgan fingerprint density at radius 2 is 1.95 bits per heavy atom. The SMILES string of the molecule is CC(=O)c1ccc(Br)cc1OC(C)C(=O)N1CCCC1. The van der Waals surface area contributed by atoms with E-state index in [0.717, 1.165) is 30.4 Å². The minimum atomic E-state index is -0.583. The van der Waals surface area contributed by atoms with Crippen molar-refractivity contribution >= 4 is 27.6 Å². The van der Waals surface area contributed by atoms with Gasteiger partial charge in [0.25, 0.3) is 5.91 Å². The number of nitrogens with zero attached hydrogens (tertiary/aromatic N) is 1. The molecule has 1 atom stereocenters. The van der Waals surface area contributed by atoms with Gasteiger partial charge in [0.1, 0.15) is 5.75 Å². The third-order valence-electron chi connectivity index (χ3n) is 3.39. The molecular weight excluding hydrogens is 322 g/mol. The van der Waals surface area contributed by atoms with Crippen LogP contribution < -0.4 is 4.74 Å². The predicted octanol–water partition coefficient (Wildman–Crippen LogP) is 3.04. The van der Waals surface area contributed by atoms with Crippen LogP contribution in [0, 0.1) is 0 Å². The van der Waals surface area contributed by atoms with Crippen molar-refractivity contribution in [3.63, 3.8) is 0 Å². The topological polar surface area (TPSA) is 46.6 Å². The predicted molar refractivity (Wildman–Crippen MR) is 80.1 cm³/mol. The van der Waals surface area contributed by atoms with Crippen LogP contribution in [0.5, 0.6) is 5.75 Å². The lowest BCUT2D eigenvalue weighted by molar-refractivity contribution is -0.136. The number of hydrogen-bond acceptors (Lipinski definition) is 3. The zero-order chi connectivity index (χ0) is 14.7. The maximum absolute atomic E-state index is 12.2. The van der Waals surface area contributed by atoms with E-state index in [-0.39, 0.29) is 11.7 Å². The molecule has 1 aromatic rings. The molecule has 0 aliphatic carbocycles. The Balaban J connectivity index is 2.14. The number of ketones is 1. The Morgan fingerprint density at radius 3 is 2.55 bits per heavy atom. The van der Waals surface area contributed by atoms with Crippen molar-refractivity contribution in [2.75, 3.05) is 13.1 Å². The Hall–Kier alpha value is -1.36. The molecule has 0 N–H and O–H groups in total. The quantitative estimate of drug-likeness (QED) is 0.792. The second-order valence-electron chi connectivity index (χ2n) is 4.99. The van der Waals surface area contributed by atoms with E-state index < -0.39 is 6.10 Å². The van der Waals surface area contributed by atoms with Crippen molar-refractivity contribution in [3.05, 3.63) is 28.2 Å². The Kier molecular flexibility index (Phi) is 4.81. The highest BCUT2D eigenvalue weighted by Gasteiger charge is 2.25. The average molecular weight is 340 g/mol. The van der Waals surface area contributed by atoms with Crippen molar-refractivity contribution in [1.29, 1.82) is 0 Å². The van der Waals surface area contributed by atoms with E-state index >= 15 is 0 Å². The number of halogens is 1. The van der Waals surface area contributed by atoms with Crippen LogP contribution in [0.3, 0.4) is 0 Å². The lowest BCUT2D eigenvalue weighted by atomic mass is 10.1. The molecule has 1 aliphatic rings. The fraction of sp³-hybridized carbons (Fsp3) is 0.467. The number of ether oxygens (including phenoxy) is 1. The van der Waals surface area contributed by atoms with Crippen LogP contribution in [0.15, 0.2) is 22.7 Å². The monoisotopic (exact) mass is 339 g/mol. The van der Waals surface area contributed by atoms with Gasteiger partial charge in [-0.05, 0) is 44.9 Å². The van der Waals surface area contributed by atoms with Gasteiger partial charge in [0.05, 0.1) is 5.56 Å². The van der Waals surface area contributed by atoms with E-state index in [0.29, 0.717) is 11.3 Å². The molecule has 1 aromatic carbocycles. The van der Waals surface area contributed by atoms with Gasteiger partial charge in [-0.25, -0.2) is 0 Å². The molecule has 1 fully saturated rings. The van der Waals surface area contributed by atoms with Gasteiger partial charge >= 0.3 is 0 Å². The summed E-state index contributed by atoms with van der Waals surface area (Å²) >= 11 is 3.35. The zero-order valence-corrected chi connectivity index (χ0v) is 13.3. The normalized spacial score (nSPS) is 16.1. The van der Waals surface area contributed by atoms with Gasteiger partial charge in [0, 0.05) is 17.6 Å².